The van der Waals surface area contributed by atoms with Crippen molar-refractivity contribution < 1.29 is 18.3 Å². The Morgan fingerprint density at radius 3 is 2.52 bits per heavy atom. The molecule has 0 heterocycles. The van der Waals surface area contributed by atoms with Crippen molar-refractivity contribution in [3.05, 3.63) is 64.7 Å². The lowest BCUT2D eigenvalue weighted by molar-refractivity contribution is 0.0678. The summed E-state index contributed by atoms with van der Waals surface area (Å²) in [4.78, 5) is 11.4. The molecule has 0 aliphatic carbocycles. The molecule has 0 spiro atoms. The van der Waals surface area contributed by atoms with E-state index in [2.05, 4.69) is 0 Å². The van der Waals surface area contributed by atoms with Crippen LogP contribution < -0.4 is 4.74 Å². The molecule has 0 saturated carbocycles. The maximum absolute atomic E-state index is 12.5. The average molecular weight is 290 g/mol. The third-order valence-electron chi connectivity index (χ3n) is 3.02. The Morgan fingerprint density at radius 1 is 1.10 bits per heavy atom. The van der Waals surface area contributed by atoms with Crippen molar-refractivity contribution in [2.24, 2.45) is 0 Å². The van der Waals surface area contributed by atoms with Crippen molar-refractivity contribution in [1.82, 2.24) is 0 Å². The van der Waals surface area contributed by atoms with Crippen LogP contribution in [0.25, 0.3) is 0 Å². The van der Waals surface area contributed by atoms with Crippen molar-refractivity contribution in [1.29, 1.82) is 0 Å². The Kier molecular flexibility index (Phi) is 4.68. The first-order valence-corrected chi connectivity index (χ1v) is 6.58. The van der Waals surface area contributed by atoms with Gasteiger partial charge in [-0.25, -0.2) is 8.78 Å². The minimum absolute atomic E-state index is 0.0238. The van der Waals surface area contributed by atoms with E-state index in [0.717, 1.165) is 11.1 Å². The Labute approximate surface area is 122 Å². The van der Waals surface area contributed by atoms with Crippen molar-refractivity contribution in [3.8, 4) is 5.75 Å². The van der Waals surface area contributed by atoms with Crippen LogP contribution in [0.5, 0.6) is 5.75 Å². The average Bonchev–Trinajstić information content (AvgIpc) is 2.43. The molecule has 110 valence electrons. The summed E-state index contributed by atoms with van der Waals surface area (Å²) in [6, 6.07) is 12.3. The fourth-order valence-electron chi connectivity index (χ4n) is 2.07. The number of carbonyl (C=O) groups is 1. The molecule has 0 aromatic heterocycles. The Bertz CT molecular complexity index is 651. The summed E-state index contributed by atoms with van der Waals surface area (Å²) < 4.78 is 30.6. The lowest BCUT2D eigenvalue weighted by Gasteiger charge is -2.10. The van der Waals surface area contributed by atoms with Crippen LogP contribution in [0, 0.1) is 13.8 Å². The molecule has 0 atom stereocenters. The summed E-state index contributed by atoms with van der Waals surface area (Å²) in [6.07, 6.45) is -3.00. The Hall–Kier alpha value is -2.23. The van der Waals surface area contributed by atoms with E-state index in [1.54, 1.807) is 13.0 Å². The molecule has 2 aromatic rings. The van der Waals surface area contributed by atoms with Crippen LogP contribution in [0.2, 0.25) is 0 Å². The SMILES string of the molecule is Cc1cccc(COc2cc(C)cc(C(=O)C(F)F)c2)c1. The van der Waals surface area contributed by atoms with E-state index in [1.165, 1.54) is 12.1 Å². The maximum atomic E-state index is 12.5. The van der Waals surface area contributed by atoms with Crippen LogP contribution in [0.3, 0.4) is 0 Å². The predicted molar refractivity (Wildman–Crippen MR) is 77.0 cm³/mol. The fraction of sp³-hybridized carbons (Fsp3) is 0.235. The summed E-state index contributed by atoms with van der Waals surface area (Å²) in [5.74, 6) is -0.764. The lowest BCUT2D eigenvalue weighted by atomic mass is 10.1. The van der Waals surface area contributed by atoms with Gasteiger partial charge in [0.15, 0.2) is 0 Å². The summed E-state index contributed by atoms with van der Waals surface area (Å²) in [7, 11) is 0. The lowest BCUT2D eigenvalue weighted by Crippen LogP contribution is -2.10. The second kappa shape index (κ2) is 6.48. The van der Waals surface area contributed by atoms with E-state index in [-0.39, 0.29) is 5.56 Å². The third kappa shape index (κ3) is 4.12. The number of rotatable bonds is 5. The molecule has 0 saturated heterocycles. The highest BCUT2D eigenvalue weighted by atomic mass is 19.3. The molecule has 0 unspecified atom stereocenters. The van der Waals surface area contributed by atoms with E-state index < -0.39 is 12.2 Å². The zero-order valence-electron chi connectivity index (χ0n) is 11.9. The van der Waals surface area contributed by atoms with Gasteiger partial charge in [0.1, 0.15) is 12.4 Å². The first-order valence-electron chi connectivity index (χ1n) is 6.58. The summed E-state index contributed by atoms with van der Waals surface area (Å²) in [5.41, 5.74) is 2.79. The minimum atomic E-state index is -3.00. The van der Waals surface area contributed by atoms with Gasteiger partial charge in [-0.3, -0.25) is 4.79 Å². The molecular formula is C17H16F2O2. The number of aryl methyl sites for hydroxylation is 2. The molecule has 2 rings (SSSR count). The van der Waals surface area contributed by atoms with Crippen molar-refractivity contribution in [2.75, 3.05) is 0 Å². The number of ketones is 1. The molecule has 0 fully saturated rings. The monoisotopic (exact) mass is 290 g/mol. The van der Waals surface area contributed by atoms with Gasteiger partial charge in [0.05, 0.1) is 0 Å². The van der Waals surface area contributed by atoms with Gasteiger partial charge < -0.3 is 4.74 Å². The van der Waals surface area contributed by atoms with Gasteiger partial charge in [-0.2, -0.15) is 0 Å². The molecule has 0 N–H and O–H groups in total. The fourth-order valence-corrected chi connectivity index (χ4v) is 2.07. The largest absolute Gasteiger partial charge is 0.489 e. The predicted octanol–water partition coefficient (Wildman–Crippen LogP) is 4.33. The van der Waals surface area contributed by atoms with Crippen molar-refractivity contribution in [2.45, 2.75) is 26.9 Å². The van der Waals surface area contributed by atoms with Gasteiger partial charge in [-0.1, -0.05) is 29.8 Å². The van der Waals surface area contributed by atoms with Gasteiger partial charge in [0.25, 0.3) is 0 Å². The minimum Gasteiger partial charge on any atom is -0.489 e. The Balaban J connectivity index is 2.15. The molecule has 4 heteroatoms. The van der Waals surface area contributed by atoms with Gasteiger partial charge in [-0.05, 0) is 43.2 Å². The van der Waals surface area contributed by atoms with E-state index in [9.17, 15) is 13.6 Å². The highest BCUT2D eigenvalue weighted by Gasteiger charge is 2.18. The Morgan fingerprint density at radius 2 is 1.86 bits per heavy atom. The smallest absolute Gasteiger partial charge is 0.300 e. The molecule has 0 aliphatic heterocycles. The molecule has 0 aliphatic rings. The molecule has 2 aromatic carbocycles. The number of hydrogen-bond acceptors (Lipinski definition) is 2. The normalized spacial score (nSPS) is 10.7. The van der Waals surface area contributed by atoms with Crippen LogP contribution in [0.1, 0.15) is 27.0 Å². The first-order chi connectivity index (χ1) is 9.95. The van der Waals surface area contributed by atoms with E-state index in [1.807, 2.05) is 31.2 Å². The van der Waals surface area contributed by atoms with Crippen LogP contribution in [-0.2, 0) is 6.61 Å². The number of carbonyl (C=O) groups excluding carboxylic acids is 1. The topological polar surface area (TPSA) is 26.3 Å². The molecule has 21 heavy (non-hydrogen) atoms. The number of halogens is 2. The zero-order valence-corrected chi connectivity index (χ0v) is 11.9. The molecule has 2 nitrogen and oxygen atoms in total. The van der Waals surface area contributed by atoms with E-state index >= 15 is 0 Å². The molecule has 0 radical (unpaired) electrons. The zero-order chi connectivity index (χ0) is 15.4. The van der Waals surface area contributed by atoms with E-state index in [4.69, 9.17) is 4.74 Å². The number of hydrogen-bond donors (Lipinski definition) is 0. The number of benzene rings is 2. The summed E-state index contributed by atoms with van der Waals surface area (Å²) in [6.45, 7) is 4.05. The second-order valence-corrected chi connectivity index (χ2v) is 4.98. The molecular weight excluding hydrogens is 274 g/mol. The van der Waals surface area contributed by atoms with Crippen molar-refractivity contribution >= 4 is 5.78 Å². The highest BCUT2D eigenvalue weighted by molar-refractivity contribution is 5.98. The number of ether oxygens (including phenoxy) is 1. The molecule has 0 bridgehead atoms. The standard InChI is InChI=1S/C17H16F2O2/c1-11-4-3-5-13(6-11)10-21-15-8-12(2)7-14(9-15)16(20)17(18)19/h3-9,17H,10H2,1-2H3. The van der Waals surface area contributed by atoms with Crippen LogP contribution in [0.15, 0.2) is 42.5 Å². The van der Waals surface area contributed by atoms with Crippen LogP contribution >= 0.6 is 0 Å². The highest BCUT2D eigenvalue weighted by Crippen LogP contribution is 2.20. The van der Waals surface area contributed by atoms with Crippen LogP contribution in [0.4, 0.5) is 8.78 Å². The van der Waals surface area contributed by atoms with Crippen molar-refractivity contribution in [3.63, 3.8) is 0 Å². The van der Waals surface area contributed by atoms with Gasteiger partial charge >= 0.3 is 6.43 Å². The van der Waals surface area contributed by atoms with Gasteiger partial charge in [-0.15, -0.1) is 0 Å². The summed E-state index contributed by atoms with van der Waals surface area (Å²) in [5, 5.41) is 0. The summed E-state index contributed by atoms with van der Waals surface area (Å²) >= 11 is 0. The van der Waals surface area contributed by atoms with Gasteiger partial charge in [0.2, 0.25) is 5.78 Å². The second-order valence-electron chi connectivity index (χ2n) is 4.98. The van der Waals surface area contributed by atoms with Gasteiger partial charge in [0, 0.05) is 5.56 Å². The third-order valence-corrected chi connectivity index (χ3v) is 3.02. The quantitative estimate of drug-likeness (QED) is 0.766. The first kappa shape index (κ1) is 15.2. The number of alkyl halides is 2. The van der Waals surface area contributed by atoms with Crippen LogP contribution in [-0.4, -0.2) is 12.2 Å². The van der Waals surface area contributed by atoms with E-state index in [0.29, 0.717) is 17.9 Å². The molecule has 0 amide bonds. The number of Topliss-reactive ketones (excluding diaryl/α,β-unsaturated/α-hetero) is 1. The maximum Gasteiger partial charge on any atom is 0.300 e.